The van der Waals surface area contributed by atoms with E-state index in [1.807, 2.05) is 20.8 Å². The van der Waals surface area contributed by atoms with Gasteiger partial charge in [0, 0.05) is 11.0 Å². The zero-order valence-electron chi connectivity index (χ0n) is 12.2. The SMILES string of the molecule is C#CCn1c(C(C)(C)C)nc(-c2ccc(F)c(F)c2)c1N. The normalized spacial score (nSPS) is 11.4. The van der Waals surface area contributed by atoms with Crippen LogP contribution in [0.1, 0.15) is 26.6 Å². The lowest BCUT2D eigenvalue weighted by Gasteiger charge is -2.18. The molecule has 0 unspecified atom stereocenters. The lowest BCUT2D eigenvalue weighted by molar-refractivity contribution is 0.509. The first-order chi connectivity index (χ1) is 9.75. The molecule has 21 heavy (non-hydrogen) atoms. The highest BCUT2D eigenvalue weighted by Gasteiger charge is 2.25. The highest BCUT2D eigenvalue weighted by Crippen LogP contribution is 2.32. The quantitative estimate of drug-likeness (QED) is 0.862. The minimum absolute atomic E-state index is 0.273. The van der Waals surface area contributed by atoms with Gasteiger partial charge in [-0.05, 0) is 18.2 Å². The maximum Gasteiger partial charge on any atom is 0.159 e. The Morgan fingerprint density at radius 1 is 1.29 bits per heavy atom. The molecule has 0 fully saturated rings. The summed E-state index contributed by atoms with van der Waals surface area (Å²) in [7, 11) is 0. The number of halogens is 2. The number of aromatic nitrogens is 2. The third-order valence-corrected chi connectivity index (χ3v) is 3.12. The fourth-order valence-electron chi connectivity index (χ4n) is 2.15. The number of nitrogens with two attached hydrogens (primary N) is 1. The van der Waals surface area contributed by atoms with E-state index in [2.05, 4.69) is 10.9 Å². The molecule has 0 aliphatic heterocycles. The maximum absolute atomic E-state index is 13.4. The third-order valence-electron chi connectivity index (χ3n) is 3.12. The molecule has 0 bridgehead atoms. The Bertz CT molecular complexity index is 718. The summed E-state index contributed by atoms with van der Waals surface area (Å²) >= 11 is 0. The van der Waals surface area contributed by atoms with Crippen LogP contribution in [0, 0.1) is 24.0 Å². The van der Waals surface area contributed by atoms with Crippen molar-refractivity contribution < 1.29 is 8.78 Å². The molecular weight excluding hydrogens is 272 g/mol. The minimum Gasteiger partial charge on any atom is -0.383 e. The molecule has 110 valence electrons. The smallest absolute Gasteiger partial charge is 0.159 e. The van der Waals surface area contributed by atoms with Gasteiger partial charge in [-0.2, -0.15) is 0 Å². The summed E-state index contributed by atoms with van der Waals surface area (Å²) in [5.74, 6) is 1.75. The van der Waals surface area contributed by atoms with Gasteiger partial charge in [0.25, 0.3) is 0 Å². The summed E-state index contributed by atoms with van der Waals surface area (Å²) in [6.45, 7) is 6.22. The maximum atomic E-state index is 13.4. The van der Waals surface area contributed by atoms with E-state index in [0.29, 0.717) is 22.9 Å². The molecule has 1 aromatic heterocycles. The van der Waals surface area contributed by atoms with Crippen molar-refractivity contribution in [3.63, 3.8) is 0 Å². The van der Waals surface area contributed by atoms with Gasteiger partial charge in [0.1, 0.15) is 17.3 Å². The van der Waals surface area contributed by atoms with Crippen LogP contribution in [0.15, 0.2) is 18.2 Å². The molecule has 0 saturated carbocycles. The highest BCUT2D eigenvalue weighted by atomic mass is 19.2. The van der Waals surface area contributed by atoms with Gasteiger partial charge in [-0.15, -0.1) is 6.42 Å². The van der Waals surface area contributed by atoms with Gasteiger partial charge in [-0.1, -0.05) is 26.7 Å². The molecule has 1 aromatic carbocycles. The average Bonchev–Trinajstić information content (AvgIpc) is 2.71. The molecular formula is C16H17F2N3. The van der Waals surface area contributed by atoms with Crippen LogP contribution in [0.3, 0.4) is 0 Å². The van der Waals surface area contributed by atoms with Gasteiger partial charge in [0.15, 0.2) is 11.6 Å². The average molecular weight is 289 g/mol. The molecule has 2 rings (SSSR count). The van der Waals surface area contributed by atoms with Crippen LogP contribution < -0.4 is 5.73 Å². The predicted molar refractivity (Wildman–Crippen MR) is 79.5 cm³/mol. The van der Waals surface area contributed by atoms with Crippen molar-refractivity contribution in [1.82, 2.24) is 9.55 Å². The first kappa shape index (κ1) is 15.0. The van der Waals surface area contributed by atoms with Crippen LogP contribution in [0.4, 0.5) is 14.6 Å². The number of anilines is 1. The Kier molecular flexibility index (Phi) is 3.73. The van der Waals surface area contributed by atoms with E-state index < -0.39 is 11.6 Å². The Hall–Kier alpha value is -2.35. The monoisotopic (exact) mass is 289 g/mol. The second-order valence-corrected chi connectivity index (χ2v) is 5.84. The molecule has 0 radical (unpaired) electrons. The van der Waals surface area contributed by atoms with Gasteiger partial charge < -0.3 is 10.3 Å². The lowest BCUT2D eigenvalue weighted by atomic mass is 9.95. The van der Waals surface area contributed by atoms with Gasteiger partial charge >= 0.3 is 0 Å². The molecule has 2 aromatic rings. The Morgan fingerprint density at radius 2 is 1.95 bits per heavy atom. The topological polar surface area (TPSA) is 43.8 Å². The van der Waals surface area contributed by atoms with E-state index in [-0.39, 0.29) is 12.0 Å². The van der Waals surface area contributed by atoms with Gasteiger partial charge in [-0.3, -0.25) is 0 Å². The molecule has 0 spiro atoms. The molecule has 0 atom stereocenters. The largest absolute Gasteiger partial charge is 0.383 e. The summed E-state index contributed by atoms with van der Waals surface area (Å²) in [6, 6.07) is 3.59. The van der Waals surface area contributed by atoms with Crippen LogP contribution in [0.25, 0.3) is 11.3 Å². The number of nitrogen functional groups attached to an aromatic ring is 1. The Labute approximate surface area is 122 Å². The molecule has 0 saturated heterocycles. The van der Waals surface area contributed by atoms with Crippen molar-refractivity contribution >= 4 is 5.82 Å². The van der Waals surface area contributed by atoms with Crippen LogP contribution in [0.5, 0.6) is 0 Å². The predicted octanol–water partition coefficient (Wildman–Crippen LogP) is 3.34. The second-order valence-electron chi connectivity index (χ2n) is 5.84. The number of nitrogens with zero attached hydrogens (tertiary/aromatic N) is 2. The van der Waals surface area contributed by atoms with Crippen LogP contribution in [0.2, 0.25) is 0 Å². The zero-order chi connectivity index (χ0) is 15.8. The molecule has 2 N–H and O–H groups in total. The van der Waals surface area contributed by atoms with Gasteiger partial charge in [-0.25, -0.2) is 13.8 Å². The van der Waals surface area contributed by atoms with Crippen molar-refractivity contribution in [3.05, 3.63) is 35.7 Å². The summed E-state index contributed by atoms with van der Waals surface area (Å²) in [6.07, 6.45) is 5.37. The second kappa shape index (κ2) is 5.21. The molecule has 1 heterocycles. The fraction of sp³-hybridized carbons (Fsp3) is 0.312. The fourth-order valence-corrected chi connectivity index (χ4v) is 2.15. The van der Waals surface area contributed by atoms with Crippen molar-refractivity contribution in [1.29, 1.82) is 0 Å². The number of benzene rings is 1. The van der Waals surface area contributed by atoms with Crippen LogP contribution in [-0.4, -0.2) is 9.55 Å². The number of hydrogen-bond acceptors (Lipinski definition) is 2. The number of terminal acetylenes is 1. The van der Waals surface area contributed by atoms with E-state index >= 15 is 0 Å². The van der Waals surface area contributed by atoms with Crippen molar-refractivity contribution in [2.45, 2.75) is 32.7 Å². The molecule has 5 heteroatoms. The van der Waals surface area contributed by atoms with E-state index in [1.54, 1.807) is 4.57 Å². The molecule has 0 amide bonds. The van der Waals surface area contributed by atoms with Gasteiger partial charge in [0.05, 0.1) is 6.54 Å². The third kappa shape index (κ3) is 2.75. The van der Waals surface area contributed by atoms with E-state index in [4.69, 9.17) is 12.2 Å². The van der Waals surface area contributed by atoms with Crippen molar-refractivity contribution in [2.24, 2.45) is 0 Å². The standard InChI is InChI=1S/C16H17F2N3/c1-5-8-21-14(19)13(20-15(21)16(2,3)4)10-6-7-11(17)12(18)9-10/h1,6-7,9H,8,19H2,2-4H3. The summed E-state index contributed by atoms with van der Waals surface area (Å²) < 4.78 is 28.2. The summed E-state index contributed by atoms with van der Waals surface area (Å²) in [4.78, 5) is 4.49. The number of imidazole rings is 1. The summed E-state index contributed by atoms with van der Waals surface area (Å²) in [5, 5.41) is 0. The molecule has 0 aliphatic carbocycles. The highest BCUT2D eigenvalue weighted by molar-refractivity contribution is 5.71. The van der Waals surface area contributed by atoms with Crippen molar-refractivity contribution in [3.8, 4) is 23.6 Å². The van der Waals surface area contributed by atoms with Crippen LogP contribution >= 0.6 is 0 Å². The minimum atomic E-state index is -0.935. The van der Waals surface area contributed by atoms with E-state index in [9.17, 15) is 8.78 Å². The van der Waals surface area contributed by atoms with Crippen molar-refractivity contribution in [2.75, 3.05) is 5.73 Å². The zero-order valence-corrected chi connectivity index (χ0v) is 12.2. The first-order valence-electron chi connectivity index (χ1n) is 6.51. The van der Waals surface area contributed by atoms with Crippen LogP contribution in [-0.2, 0) is 12.0 Å². The van der Waals surface area contributed by atoms with E-state index in [1.165, 1.54) is 6.07 Å². The van der Waals surface area contributed by atoms with E-state index in [0.717, 1.165) is 12.1 Å². The summed E-state index contributed by atoms with van der Waals surface area (Å²) in [5.41, 5.74) is 6.65. The Balaban J connectivity index is 2.65. The lowest BCUT2D eigenvalue weighted by Crippen LogP contribution is -2.19. The molecule has 3 nitrogen and oxygen atoms in total. The van der Waals surface area contributed by atoms with Gasteiger partial charge in [0.2, 0.25) is 0 Å². The Morgan fingerprint density at radius 3 is 2.48 bits per heavy atom. The molecule has 0 aliphatic rings. The number of hydrogen-bond donors (Lipinski definition) is 1. The number of rotatable bonds is 2. The first-order valence-corrected chi connectivity index (χ1v) is 6.51.